The van der Waals surface area contributed by atoms with Gasteiger partial charge < -0.3 is 9.64 Å². The normalized spacial score (nSPS) is 16.8. The third kappa shape index (κ3) is 3.35. The van der Waals surface area contributed by atoms with E-state index in [1.54, 1.807) is 0 Å². The van der Waals surface area contributed by atoms with Gasteiger partial charge in [0.15, 0.2) is 0 Å². The number of likely N-dealkylation sites (tertiary alicyclic amines) is 1. The quantitative estimate of drug-likeness (QED) is 0.582. The summed E-state index contributed by atoms with van der Waals surface area (Å²) >= 11 is 5.53. The van der Waals surface area contributed by atoms with Gasteiger partial charge in [-0.3, -0.25) is 0 Å². The molecular weight excluding hydrogens is 410 g/mol. The molecule has 0 atom stereocenters. The molecule has 5 heteroatoms. The zero-order chi connectivity index (χ0) is 18.1. The van der Waals surface area contributed by atoms with Gasteiger partial charge in [0, 0.05) is 18.0 Å². The van der Waals surface area contributed by atoms with Crippen molar-refractivity contribution in [2.75, 3.05) is 19.7 Å². The average Bonchev–Trinajstić information content (AvgIpc) is 2.95. The van der Waals surface area contributed by atoms with Gasteiger partial charge in [0.25, 0.3) is 0 Å². The standard InChI is InChI=1S/C21H22BrNO2S/c1-2-25-21(24)23-11-9-15(10-12-23)20-16-6-4-3-5-14(16)7-8-18-17(20)13-19(22)26-18/h3-6,13H,2,7-12H2,1H3. The lowest BCUT2D eigenvalue weighted by Gasteiger charge is -2.29. The number of benzene rings is 1. The highest BCUT2D eigenvalue weighted by Gasteiger charge is 2.27. The zero-order valence-electron chi connectivity index (χ0n) is 14.9. The molecule has 1 aromatic carbocycles. The van der Waals surface area contributed by atoms with Crippen molar-refractivity contribution >= 4 is 38.9 Å². The Bertz CT molecular complexity index is 861. The fourth-order valence-electron chi connectivity index (χ4n) is 3.97. The molecule has 4 rings (SSSR count). The second kappa shape index (κ2) is 7.57. The van der Waals surface area contributed by atoms with E-state index < -0.39 is 0 Å². The van der Waals surface area contributed by atoms with Crippen LogP contribution < -0.4 is 0 Å². The molecule has 0 saturated carbocycles. The van der Waals surface area contributed by atoms with E-state index in [1.807, 2.05) is 23.2 Å². The number of amides is 1. The van der Waals surface area contributed by atoms with Gasteiger partial charge in [0.2, 0.25) is 0 Å². The van der Waals surface area contributed by atoms with Gasteiger partial charge >= 0.3 is 6.09 Å². The molecule has 0 bridgehead atoms. The molecule has 1 aliphatic heterocycles. The zero-order valence-corrected chi connectivity index (χ0v) is 17.3. The smallest absolute Gasteiger partial charge is 0.409 e. The highest BCUT2D eigenvalue weighted by Crippen LogP contribution is 2.42. The number of ether oxygens (including phenoxy) is 1. The summed E-state index contributed by atoms with van der Waals surface area (Å²) in [7, 11) is 0. The molecule has 0 spiro atoms. The van der Waals surface area contributed by atoms with Crippen LogP contribution in [0, 0.1) is 0 Å². The topological polar surface area (TPSA) is 29.5 Å². The number of piperidine rings is 1. The fraction of sp³-hybridized carbons (Fsp3) is 0.381. The van der Waals surface area contributed by atoms with Crippen molar-refractivity contribution in [3.63, 3.8) is 0 Å². The lowest BCUT2D eigenvalue weighted by molar-refractivity contribution is 0.104. The van der Waals surface area contributed by atoms with Crippen LogP contribution in [-0.4, -0.2) is 30.7 Å². The second-order valence-corrected chi connectivity index (χ2v) is 9.23. The summed E-state index contributed by atoms with van der Waals surface area (Å²) in [5.41, 5.74) is 7.05. The molecule has 26 heavy (non-hydrogen) atoms. The predicted octanol–water partition coefficient (Wildman–Crippen LogP) is 5.66. The largest absolute Gasteiger partial charge is 0.450 e. The van der Waals surface area contributed by atoms with E-state index in [4.69, 9.17) is 4.74 Å². The number of rotatable bonds is 1. The Morgan fingerprint density at radius 3 is 2.69 bits per heavy atom. The highest BCUT2D eigenvalue weighted by molar-refractivity contribution is 9.11. The van der Waals surface area contributed by atoms with Gasteiger partial charge in [-0.1, -0.05) is 29.8 Å². The van der Waals surface area contributed by atoms with E-state index >= 15 is 0 Å². The first-order chi connectivity index (χ1) is 12.7. The Kier molecular flexibility index (Phi) is 5.18. The molecule has 2 aliphatic rings. The number of hydrogen-bond donors (Lipinski definition) is 0. The Labute approximate surface area is 166 Å². The van der Waals surface area contributed by atoms with E-state index in [0.717, 1.165) is 38.8 Å². The van der Waals surface area contributed by atoms with Crippen LogP contribution in [0.1, 0.15) is 41.3 Å². The Hall–Kier alpha value is -1.59. The van der Waals surface area contributed by atoms with Gasteiger partial charge in [-0.2, -0.15) is 0 Å². The first-order valence-corrected chi connectivity index (χ1v) is 10.8. The summed E-state index contributed by atoms with van der Waals surface area (Å²) in [6, 6.07) is 11.1. The van der Waals surface area contributed by atoms with Gasteiger partial charge in [-0.05, 0) is 76.9 Å². The molecule has 0 unspecified atom stereocenters. The van der Waals surface area contributed by atoms with Gasteiger partial charge in [-0.25, -0.2) is 4.79 Å². The monoisotopic (exact) mass is 431 g/mol. The third-order valence-corrected chi connectivity index (χ3v) is 6.90. The molecule has 136 valence electrons. The maximum absolute atomic E-state index is 12.0. The van der Waals surface area contributed by atoms with Gasteiger partial charge in [0.05, 0.1) is 10.4 Å². The third-order valence-electron chi connectivity index (χ3n) is 5.20. The summed E-state index contributed by atoms with van der Waals surface area (Å²) in [6.07, 6.45) is 3.82. The first kappa shape index (κ1) is 17.8. The molecular formula is C21H22BrNO2S. The van der Waals surface area contributed by atoms with Crippen LogP contribution in [0.4, 0.5) is 4.79 Å². The number of nitrogens with zero attached hydrogens (tertiary/aromatic N) is 1. The second-order valence-electron chi connectivity index (χ2n) is 6.71. The van der Waals surface area contributed by atoms with Crippen molar-refractivity contribution < 1.29 is 9.53 Å². The molecule has 2 aromatic rings. The number of halogens is 1. The fourth-order valence-corrected chi connectivity index (χ4v) is 5.68. The number of thiophene rings is 1. The van der Waals surface area contributed by atoms with Gasteiger partial charge in [-0.15, -0.1) is 11.3 Å². The van der Waals surface area contributed by atoms with E-state index in [0.29, 0.717) is 6.61 Å². The number of hydrogen-bond acceptors (Lipinski definition) is 3. The molecule has 0 radical (unpaired) electrons. The number of carbonyl (C=O) groups is 1. The van der Waals surface area contributed by atoms with Crippen LogP contribution in [0.2, 0.25) is 0 Å². The SMILES string of the molecule is CCOC(=O)N1CCC(=C2c3ccccc3CCc3sc(Br)cc32)CC1. The van der Waals surface area contributed by atoms with Crippen LogP contribution >= 0.6 is 27.3 Å². The van der Waals surface area contributed by atoms with Crippen molar-refractivity contribution in [2.24, 2.45) is 0 Å². The van der Waals surface area contributed by atoms with Crippen molar-refractivity contribution in [3.05, 3.63) is 61.3 Å². The summed E-state index contributed by atoms with van der Waals surface area (Å²) < 4.78 is 6.36. The van der Waals surface area contributed by atoms with E-state index in [1.165, 1.54) is 36.5 Å². The maximum Gasteiger partial charge on any atom is 0.409 e. The molecule has 1 aromatic heterocycles. The molecule has 1 fully saturated rings. The van der Waals surface area contributed by atoms with Crippen LogP contribution in [0.3, 0.4) is 0 Å². The molecule has 2 heterocycles. The molecule has 1 amide bonds. The summed E-state index contributed by atoms with van der Waals surface area (Å²) in [4.78, 5) is 15.3. The maximum atomic E-state index is 12.0. The molecule has 3 nitrogen and oxygen atoms in total. The van der Waals surface area contributed by atoms with Crippen molar-refractivity contribution in [1.82, 2.24) is 4.90 Å². The molecule has 1 aliphatic carbocycles. The van der Waals surface area contributed by atoms with E-state index in [9.17, 15) is 4.79 Å². The van der Waals surface area contributed by atoms with Gasteiger partial charge in [0.1, 0.15) is 0 Å². The van der Waals surface area contributed by atoms with Crippen LogP contribution in [0.15, 0.2) is 39.7 Å². The number of aryl methyl sites for hydroxylation is 2. The predicted molar refractivity (Wildman–Crippen MR) is 110 cm³/mol. The van der Waals surface area contributed by atoms with Crippen molar-refractivity contribution in [1.29, 1.82) is 0 Å². The van der Waals surface area contributed by atoms with E-state index in [2.05, 4.69) is 46.3 Å². The van der Waals surface area contributed by atoms with Crippen molar-refractivity contribution in [2.45, 2.75) is 32.6 Å². The minimum absolute atomic E-state index is 0.184. The van der Waals surface area contributed by atoms with Crippen molar-refractivity contribution in [3.8, 4) is 0 Å². The molecule has 1 saturated heterocycles. The lowest BCUT2D eigenvalue weighted by atomic mass is 9.88. The first-order valence-electron chi connectivity index (χ1n) is 9.18. The number of fused-ring (bicyclic) bond motifs is 2. The number of carbonyl (C=O) groups excluding carboxylic acids is 1. The summed E-state index contributed by atoms with van der Waals surface area (Å²) in [6.45, 7) is 3.76. The van der Waals surface area contributed by atoms with Crippen LogP contribution in [-0.2, 0) is 17.6 Å². The Morgan fingerprint density at radius 1 is 1.15 bits per heavy atom. The summed E-state index contributed by atoms with van der Waals surface area (Å²) in [5.74, 6) is 0. The molecule has 0 N–H and O–H groups in total. The van der Waals surface area contributed by atoms with Crippen LogP contribution in [0.5, 0.6) is 0 Å². The Morgan fingerprint density at radius 2 is 1.92 bits per heavy atom. The van der Waals surface area contributed by atoms with Crippen LogP contribution in [0.25, 0.3) is 5.57 Å². The Balaban J connectivity index is 1.73. The lowest BCUT2D eigenvalue weighted by Crippen LogP contribution is -2.37. The minimum Gasteiger partial charge on any atom is -0.450 e. The average molecular weight is 432 g/mol. The minimum atomic E-state index is -0.184. The van der Waals surface area contributed by atoms with E-state index in [-0.39, 0.29) is 6.09 Å². The highest BCUT2D eigenvalue weighted by atomic mass is 79.9. The summed E-state index contributed by atoms with van der Waals surface area (Å²) in [5, 5.41) is 0.